The van der Waals surface area contributed by atoms with Crippen LogP contribution in [-0.4, -0.2) is 12.6 Å². The molecule has 0 amide bonds. The summed E-state index contributed by atoms with van der Waals surface area (Å²) >= 11 is 0. The van der Waals surface area contributed by atoms with Crippen molar-refractivity contribution >= 4 is 0 Å². The molecule has 0 aromatic rings. The number of hydrogen-bond donors (Lipinski definition) is 1. The molecule has 0 aliphatic heterocycles. The first-order valence-corrected chi connectivity index (χ1v) is 6.64. The number of likely N-dealkylation sites (N-methyl/N-ethyl adjacent to an activating group) is 1. The van der Waals surface area contributed by atoms with Crippen molar-refractivity contribution in [3.05, 3.63) is 12.2 Å². The van der Waals surface area contributed by atoms with E-state index in [1.807, 2.05) is 0 Å². The Balaban J connectivity index is 2.50. The van der Waals surface area contributed by atoms with E-state index in [0.717, 1.165) is 12.5 Å². The molecule has 0 heterocycles. The summed E-state index contributed by atoms with van der Waals surface area (Å²) in [6.07, 6.45) is 9.94. The van der Waals surface area contributed by atoms with E-state index in [4.69, 9.17) is 0 Å². The lowest BCUT2D eigenvalue weighted by Crippen LogP contribution is -2.37. The third-order valence-electron chi connectivity index (χ3n) is 3.58. The Morgan fingerprint density at radius 2 is 1.73 bits per heavy atom. The highest BCUT2D eigenvalue weighted by Crippen LogP contribution is 2.27. The van der Waals surface area contributed by atoms with Crippen LogP contribution in [-0.2, 0) is 0 Å². The maximum Gasteiger partial charge on any atom is 0.0302 e. The molecule has 1 N–H and O–H groups in total. The molecule has 1 unspecified atom stereocenters. The molecule has 1 saturated carbocycles. The molecule has 1 nitrogen and oxygen atoms in total. The second-order valence-electron chi connectivity index (χ2n) is 4.99. The number of nitrogens with one attached hydrogen (secondary N) is 1. The van der Waals surface area contributed by atoms with E-state index < -0.39 is 0 Å². The highest BCUT2D eigenvalue weighted by atomic mass is 14.9. The van der Waals surface area contributed by atoms with Gasteiger partial charge in [-0.25, -0.2) is 0 Å². The molecule has 1 aliphatic rings. The van der Waals surface area contributed by atoms with Gasteiger partial charge in [0.15, 0.2) is 0 Å². The maximum absolute atomic E-state index is 4.14. The van der Waals surface area contributed by atoms with Crippen LogP contribution in [0.2, 0.25) is 0 Å². The molecule has 1 heteroatoms. The van der Waals surface area contributed by atoms with Gasteiger partial charge in [-0.1, -0.05) is 51.2 Å². The minimum Gasteiger partial charge on any atom is -0.310 e. The van der Waals surface area contributed by atoms with Crippen LogP contribution < -0.4 is 5.32 Å². The predicted molar refractivity (Wildman–Crippen MR) is 68.1 cm³/mol. The van der Waals surface area contributed by atoms with Gasteiger partial charge in [0, 0.05) is 6.04 Å². The Labute approximate surface area is 95.3 Å². The monoisotopic (exact) mass is 209 g/mol. The normalized spacial score (nSPS) is 21.7. The predicted octanol–water partition coefficient (Wildman–Crippen LogP) is 3.90. The van der Waals surface area contributed by atoms with Crippen LogP contribution in [0.3, 0.4) is 0 Å². The lowest BCUT2D eigenvalue weighted by Gasteiger charge is -2.29. The molecule has 1 rings (SSSR count). The van der Waals surface area contributed by atoms with E-state index in [-0.39, 0.29) is 0 Å². The van der Waals surface area contributed by atoms with Crippen molar-refractivity contribution in [2.45, 2.75) is 64.8 Å². The number of hydrogen-bond acceptors (Lipinski definition) is 1. The zero-order chi connectivity index (χ0) is 11.1. The second kappa shape index (κ2) is 7.05. The van der Waals surface area contributed by atoms with Gasteiger partial charge < -0.3 is 5.32 Å². The number of rotatable bonds is 4. The smallest absolute Gasteiger partial charge is 0.0302 e. The summed E-state index contributed by atoms with van der Waals surface area (Å²) in [7, 11) is 0. The van der Waals surface area contributed by atoms with Crippen LogP contribution in [0.5, 0.6) is 0 Å². The fraction of sp³-hybridized carbons (Fsp3) is 0.857. The van der Waals surface area contributed by atoms with E-state index >= 15 is 0 Å². The molecule has 0 aromatic carbocycles. The SMILES string of the molecule is C=C(C)C(NCC)C1CCCCCCC1. The second-order valence-corrected chi connectivity index (χ2v) is 4.99. The first-order chi connectivity index (χ1) is 7.25. The highest BCUT2D eigenvalue weighted by Gasteiger charge is 2.21. The summed E-state index contributed by atoms with van der Waals surface area (Å²) in [6, 6.07) is 0.563. The fourth-order valence-corrected chi connectivity index (χ4v) is 2.78. The van der Waals surface area contributed by atoms with Gasteiger partial charge in [-0.15, -0.1) is 0 Å². The van der Waals surface area contributed by atoms with Crippen molar-refractivity contribution in [3.8, 4) is 0 Å². The summed E-state index contributed by atoms with van der Waals surface area (Å²) in [6.45, 7) is 9.57. The van der Waals surface area contributed by atoms with Gasteiger partial charge >= 0.3 is 0 Å². The summed E-state index contributed by atoms with van der Waals surface area (Å²) in [5.74, 6) is 0.836. The van der Waals surface area contributed by atoms with Gasteiger partial charge in [-0.2, -0.15) is 0 Å². The average Bonchev–Trinajstić information content (AvgIpc) is 2.14. The minimum atomic E-state index is 0.563. The Morgan fingerprint density at radius 1 is 1.20 bits per heavy atom. The van der Waals surface area contributed by atoms with Crippen molar-refractivity contribution in [2.24, 2.45) is 5.92 Å². The molecule has 0 saturated heterocycles. The lowest BCUT2D eigenvalue weighted by atomic mass is 9.83. The van der Waals surface area contributed by atoms with E-state index in [1.54, 1.807) is 0 Å². The Morgan fingerprint density at radius 3 is 2.20 bits per heavy atom. The first-order valence-electron chi connectivity index (χ1n) is 6.64. The van der Waals surface area contributed by atoms with Crippen LogP contribution in [0.1, 0.15) is 58.8 Å². The van der Waals surface area contributed by atoms with Gasteiger partial charge in [-0.05, 0) is 32.2 Å². The Bertz CT molecular complexity index is 178. The maximum atomic E-state index is 4.14. The topological polar surface area (TPSA) is 12.0 Å². The van der Waals surface area contributed by atoms with Crippen molar-refractivity contribution in [1.29, 1.82) is 0 Å². The van der Waals surface area contributed by atoms with Crippen LogP contribution in [0.15, 0.2) is 12.2 Å². The van der Waals surface area contributed by atoms with Crippen molar-refractivity contribution in [1.82, 2.24) is 5.32 Å². The lowest BCUT2D eigenvalue weighted by molar-refractivity contribution is 0.313. The van der Waals surface area contributed by atoms with Gasteiger partial charge in [0.25, 0.3) is 0 Å². The van der Waals surface area contributed by atoms with Gasteiger partial charge in [-0.3, -0.25) is 0 Å². The molecule has 15 heavy (non-hydrogen) atoms. The van der Waals surface area contributed by atoms with Crippen molar-refractivity contribution < 1.29 is 0 Å². The molecular weight excluding hydrogens is 182 g/mol. The quantitative estimate of drug-likeness (QED) is 0.692. The van der Waals surface area contributed by atoms with Gasteiger partial charge in [0.05, 0.1) is 0 Å². The molecule has 1 aliphatic carbocycles. The molecule has 1 atom stereocenters. The third-order valence-corrected chi connectivity index (χ3v) is 3.58. The standard InChI is InChI=1S/C14H27N/c1-4-15-14(12(2)3)13-10-8-6-5-7-9-11-13/h13-15H,2,4-11H2,1,3H3. The zero-order valence-electron chi connectivity index (χ0n) is 10.5. The van der Waals surface area contributed by atoms with Gasteiger partial charge in [0.1, 0.15) is 0 Å². The van der Waals surface area contributed by atoms with Crippen LogP contribution in [0, 0.1) is 5.92 Å². The highest BCUT2D eigenvalue weighted by molar-refractivity contribution is 5.04. The Kier molecular flexibility index (Phi) is 6.00. The minimum absolute atomic E-state index is 0.563. The molecule has 1 fully saturated rings. The van der Waals surface area contributed by atoms with Crippen LogP contribution >= 0.6 is 0 Å². The third kappa shape index (κ3) is 4.38. The van der Waals surface area contributed by atoms with Crippen molar-refractivity contribution in [3.63, 3.8) is 0 Å². The summed E-state index contributed by atoms with van der Waals surface area (Å²) in [5, 5.41) is 3.60. The largest absolute Gasteiger partial charge is 0.310 e. The zero-order valence-corrected chi connectivity index (χ0v) is 10.5. The average molecular weight is 209 g/mol. The first kappa shape index (κ1) is 12.8. The fourth-order valence-electron chi connectivity index (χ4n) is 2.78. The molecule has 0 radical (unpaired) electrons. The van der Waals surface area contributed by atoms with E-state index in [2.05, 4.69) is 25.7 Å². The molecule has 0 spiro atoms. The van der Waals surface area contributed by atoms with Gasteiger partial charge in [0.2, 0.25) is 0 Å². The Hall–Kier alpha value is -0.300. The van der Waals surface area contributed by atoms with E-state index in [9.17, 15) is 0 Å². The summed E-state index contributed by atoms with van der Waals surface area (Å²) in [4.78, 5) is 0. The van der Waals surface area contributed by atoms with E-state index in [1.165, 1.54) is 50.5 Å². The molecular formula is C14H27N. The van der Waals surface area contributed by atoms with E-state index in [0.29, 0.717) is 6.04 Å². The summed E-state index contributed by atoms with van der Waals surface area (Å²) < 4.78 is 0. The summed E-state index contributed by atoms with van der Waals surface area (Å²) in [5.41, 5.74) is 1.32. The van der Waals surface area contributed by atoms with Crippen LogP contribution in [0.4, 0.5) is 0 Å². The molecule has 0 bridgehead atoms. The molecule has 0 aromatic heterocycles. The van der Waals surface area contributed by atoms with Crippen LogP contribution in [0.25, 0.3) is 0 Å². The molecule has 88 valence electrons. The van der Waals surface area contributed by atoms with Crippen molar-refractivity contribution in [2.75, 3.05) is 6.54 Å².